The minimum absolute atomic E-state index is 0.0266. The van der Waals surface area contributed by atoms with Crippen molar-refractivity contribution in [2.24, 2.45) is 57.2 Å². The number of esters is 6. The molecule has 0 aromatic heterocycles. The van der Waals surface area contributed by atoms with Crippen LogP contribution in [0.15, 0.2) is 0 Å². The van der Waals surface area contributed by atoms with Gasteiger partial charge in [0.1, 0.15) is 5.60 Å². The van der Waals surface area contributed by atoms with Crippen LogP contribution >= 0.6 is 0 Å². The van der Waals surface area contributed by atoms with E-state index >= 15 is 0 Å². The molecule has 7 fully saturated rings. The molecule has 7 aliphatic rings. The van der Waals surface area contributed by atoms with E-state index in [9.17, 15) is 41.9 Å². The largest absolute Gasteiger partial charge is 0.456 e. The van der Waals surface area contributed by atoms with Crippen molar-refractivity contribution in [3.63, 3.8) is 0 Å². The molecular formula is C52H83F3O15. The lowest BCUT2D eigenvalue weighted by molar-refractivity contribution is -0.260. The van der Waals surface area contributed by atoms with Crippen LogP contribution in [0.25, 0.3) is 0 Å². The van der Waals surface area contributed by atoms with Gasteiger partial charge in [0.05, 0.1) is 51.9 Å². The number of hydrogen-bond donors (Lipinski definition) is 0. The van der Waals surface area contributed by atoms with E-state index in [0.717, 1.165) is 39.0 Å². The molecule has 3 aliphatic heterocycles. The summed E-state index contributed by atoms with van der Waals surface area (Å²) < 4.78 is 84.6. The highest BCUT2D eigenvalue weighted by Gasteiger charge is 2.70. The van der Waals surface area contributed by atoms with Crippen LogP contribution in [0.2, 0.25) is 0 Å². The SMILES string of the molecule is CCC(C)(C)C(=O)OC(C)OC(C)C(F)(F)F.CCC(C)(C)C(=O)OC1(C)COC(C)(OC)C1.CCC(C)(C)C(=O)OC12CC3CC(C(=O)O1)C2C3.CCC(C)(C)C(=O)OC12CC3CC(C(=O)O1)C2C3. The fourth-order valence-electron chi connectivity index (χ4n) is 9.74. The maximum absolute atomic E-state index is 12.2. The van der Waals surface area contributed by atoms with Crippen LogP contribution in [0, 0.1) is 57.2 Å². The van der Waals surface area contributed by atoms with Crippen molar-refractivity contribution >= 4 is 35.8 Å². The lowest BCUT2D eigenvalue weighted by Crippen LogP contribution is -2.42. The third kappa shape index (κ3) is 13.0. The van der Waals surface area contributed by atoms with E-state index in [4.69, 9.17) is 37.9 Å². The Balaban J connectivity index is 0.000000203. The Morgan fingerprint density at radius 2 is 1.00 bits per heavy atom. The molecule has 0 radical (unpaired) electrons. The number of carbonyl (C=O) groups is 6. The number of methoxy groups -OCH3 is 1. The van der Waals surface area contributed by atoms with Gasteiger partial charge in [-0.1, -0.05) is 27.7 Å². The predicted octanol–water partition coefficient (Wildman–Crippen LogP) is 10.3. The molecule has 0 N–H and O–H groups in total. The normalized spacial score (nSPS) is 33.3. The van der Waals surface area contributed by atoms with Crippen molar-refractivity contribution in [2.45, 2.75) is 223 Å². The van der Waals surface area contributed by atoms with Gasteiger partial charge in [0.25, 0.3) is 11.6 Å². The summed E-state index contributed by atoms with van der Waals surface area (Å²) in [7, 11) is 1.60. The number of alkyl halides is 3. The monoisotopic (exact) mass is 1000 g/mol. The standard InChI is InChI=1S/2C14H20O4.C13H24O4.C11H19F3O3/c2*1-4-13(2,3)12(16)18-14-7-8-5-9(10(14)6-8)11(15)17-14;1-7-11(2,3)10(14)17-12(4)8-13(5,15-6)16-9-12;1-6-10(4,5)9(15)17-8(3)16-7(2)11(12,13)14/h2*8-10H,4-7H2,1-3H3;7-9H2,1-6H3;7-8H,6H2,1-5H3. The fourth-order valence-corrected chi connectivity index (χ4v) is 9.74. The molecule has 12 unspecified atom stereocenters. The molecule has 3 saturated heterocycles. The first-order chi connectivity index (χ1) is 31.9. The lowest BCUT2D eigenvalue weighted by atomic mass is 9.86. The summed E-state index contributed by atoms with van der Waals surface area (Å²) >= 11 is 0. The Kier molecular flexibility index (Phi) is 17.8. The van der Waals surface area contributed by atoms with Crippen LogP contribution in [0.1, 0.15) is 181 Å². The lowest BCUT2D eigenvalue weighted by Gasteiger charge is -2.33. The molecule has 4 saturated carbocycles. The minimum atomic E-state index is -4.46. The Hall–Kier alpha value is -3.51. The number of carbonyl (C=O) groups excluding carboxylic acids is 6. The number of rotatable bonds is 15. The molecule has 15 nitrogen and oxygen atoms in total. The maximum Gasteiger partial charge on any atom is 0.414 e. The summed E-state index contributed by atoms with van der Waals surface area (Å²) in [5, 5.41) is 0. The molecule has 0 amide bonds. The number of hydrogen-bond acceptors (Lipinski definition) is 15. The maximum atomic E-state index is 12.2. The summed E-state index contributed by atoms with van der Waals surface area (Å²) in [4.78, 5) is 71.6. The van der Waals surface area contributed by atoms with Gasteiger partial charge in [-0.15, -0.1) is 0 Å². The van der Waals surface area contributed by atoms with E-state index in [2.05, 4.69) is 4.74 Å². The zero-order valence-electron chi connectivity index (χ0n) is 44.9. The van der Waals surface area contributed by atoms with E-state index in [-0.39, 0.29) is 53.5 Å². The number of fused-ring (bicyclic) bond motifs is 2. The summed E-state index contributed by atoms with van der Waals surface area (Å²) in [6.45, 7) is 28.5. The van der Waals surface area contributed by atoms with E-state index < -0.39 is 69.2 Å². The van der Waals surface area contributed by atoms with Crippen LogP contribution in [0.4, 0.5) is 13.2 Å². The van der Waals surface area contributed by atoms with Crippen LogP contribution < -0.4 is 0 Å². The van der Waals surface area contributed by atoms with Gasteiger partial charge in [-0.3, -0.25) is 28.8 Å². The highest BCUT2D eigenvalue weighted by Crippen LogP contribution is 2.62. The summed E-state index contributed by atoms with van der Waals surface area (Å²) in [6.07, 6.45) is 0.810. The summed E-state index contributed by atoms with van der Waals surface area (Å²) in [5.74, 6) is -2.92. The van der Waals surface area contributed by atoms with Crippen LogP contribution in [0.5, 0.6) is 0 Å². The minimum Gasteiger partial charge on any atom is -0.456 e. The van der Waals surface area contributed by atoms with E-state index in [1.165, 1.54) is 6.92 Å². The summed E-state index contributed by atoms with van der Waals surface area (Å²) in [6, 6.07) is 0. The van der Waals surface area contributed by atoms with Gasteiger partial charge in [-0.2, -0.15) is 13.2 Å². The van der Waals surface area contributed by atoms with Gasteiger partial charge in [0.15, 0.2) is 11.9 Å². The van der Waals surface area contributed by atoms with Gasteiger partial charge < -0.3 is 42.6 Å². The first kappa shape index (κ1) is 59.1. The highest BCUT2D eigenvalue weighted by atomic mass is 19.4. The van der Waals surface area contributed by atoms with Crippen molar-refractivity contribution < 1.29 is 84.6 Å². The Labute approximate surface area is 413 Å². The molecule has 70 heavy (non-hydrogen) atoms. The second-order valence-electron chi connectivity index (χ2n) is 23.6. The number of ether oxygens (including phenoxy) is 9. The van der Waals surface area contributed by atoms with Crippen molar-refractivity contribution in [1.82, 2.24) is 0 Å². The first-order valence-electron chi connectivity index (χ1n) is 25.2. The van der Waals surface area contributed by atoms with Crippen LogP contribution in [-0.4, -0.2) is 91.1 Å². The fraction of sp³-hybridized carbons (Fsp3) is 0.885. The molecule has 0 spiro atoms. The van der Waals surface area contributed by atoms with Gasteiger partial charge in [-0.05, 0) is 146 Å². The molecule has 402 valence electrons. The van der Waals surface area contributed by atoms with Crippen molar-refractivity contribution in [1.29, 1.82) is 0 Å². The molecule has 12 atom stereocenters. The average molecular weight is 1010 g/mol. The molecule has 0 aromatic carbocycles. The quantitative estimate of drug-likeness (QED) is 0.0856. The first-order valence-corrected chi connectivity index (χ1v) is 25.2. The molecule has 7 rings (SSSR count). The zero-order chi connectivity index (χ0) is 53.4. The summed E-state index contributed by atoms with van der Waals surface area (Å²) in [5.41, 5.74) is -2.79. The predicted molar refractivity (Wildman–Crippen MR) is 247 cm³/mol. The molecule has 3 heterocycles. The second-order valence-corrected chi connectivity index (χ2v) is 23.6. The van der Waals surface area contributed by atoms with Crippen molar-refractivity contribution in [3.05, 3.63) is 0 Å². The van der Waals surface area contributed by atoms with Gasteiger partial charge in [0, 0.05) is 26.4 Å². The van der Waals surface area contributed by atoms with Crippen molar-refractivity contribution in [3.8, 4) is 0 Å². The Bertz CT molecular complexity index is 1850. The van der Waals surface area contributed by atoms with Crippen LogP contribution in [0.3, 0.4) is 0 Å². The van der Waals surface area contributed by atoms with Crippen LogP contribution in [-0.2, 0) is 71.4 Å². The molecule has 4 aliphatic carbocycles. The third-order valence-electron chi connectivity index (χ3n) is 16.3. The van der Waals surface area contributed by atoms with Gasteiger partial charge >= 0.3 is 42.0 Å². The number of halogens is 3. The molecule has 0 aromatic rings. The van der Waals surface area contributed by atoms with Gasteiger partial charge in [0.2, 0.25) is 6.29 Å². The average Bonchev–Trinajstić information content (AvgIpc) is 4.12. The Morgan fingerprint density at radius 3 is 1.33 bits per heavy atom. The smallest absolute Gasteiger partial charge is 0.414 e. The molecule has 18 heteroatoms. The Morgan fingerprint density at radius 1 is 0.629 bits per heavy atom. The second kappa shape index (κ2) is 21.1. The van der Waals surface area contributed by atoms with E-state index in [1.807, 2.05) is 76.2 Å². The zero-order valence-corrected chi connectivity index (χ0v) is 44.9. The van der Waals surface area contributed by atoms with Crippen molar-refractivity contribution in [2.75, 3.05) is 13.7 Å². The van der Waals surface area contributed by atoms with E-state index in [0.29, 0.717) is 57.0 Å². The van der Waals surface area contributed by atoms with E-state index in [1.54, 1.807) is 27.9 Å². The third-order valence-corrected chi connectivity index (χ3v) is 16.3. The highest BCUT2D eigenvalue weighted by molar-refractivity contribution is 5.81. The van der Waals surface area contributed by atoms with Gasteiger partial charge in [-0.25, -0.2) is 0 Å². The molecular weight excluding hydrogens is 922 g/mol. The molecule has 4 bridgehead atoms. The topological polar surface area (TPSA) is 185 Å².